The van der Waals surface area contributed by atoms with Gasteiger partial charge in [0.15, 0.2) is 11.5 Å². The average molecular weight is 549 g/mol. The van der Waals surface area contributed by atoms with Gasteiger partial charge < -0.3 is 24.1 Å². The summed E-state index contributed by atoms with van der Waals surface area (Å²) >= 11 is 0. The van der Waals surface area contributed by atoms with Gasteiger partial charge in [0.25, 0.3) is 0 Å². The Morgan fingerprint density at radius 2 is 1.88 bits per heavy atom. The highest BCUT2D eigenvalue weighted by molar-refractivity contribution is 5.82. The van der Waals surface area contributed by atoms with Crippen molar-refractivity contribution < 1.29 is 14.2 Å². The van der Waals surface area contributed by atoms with Crippen LogP contribution in [-0.4, -0.2) is 48.0 Å². The van der Waals surface area contributed by atoms with Gasteiger partial charge in [-0.2, -0.15) is 0 Å². The molecule has 3 aliphatic rings. The number of aryl methyl sites for hydroxylation is 1. The van der Waals surface area contributed by atoms with E-state index in [1.165, 1.54) is 18.4 Å². The summed E-state index contributed by atoms with van der Waals surface area (Å²) in [5, 5.41) is 2.15. The molecular weight excluding hydrogens is 512 g/mol. The van der Waals surface area contributed by atoms with Crippen molar-refractivity contribution in [2.75, 3.05) is 26.9 Å². The second kappa shape index (κ2) is 10.3. The summed E-state index contributed by atoms with van der Waals surface area (Å²) in [7, 11) is 1.74. The fourth-order valence-electron chi connectivity index (χ4n) is 5.86. The van der Waals surface area contributed by atoms with E-state index in [1.54, 1.807) is 7.11 Å². The molecule has 1 aromatic heterocycles. The molecule has 3 aromatic carbocycles. The molecule has 0 spiro atoms. The van der Waals surface area contributed by atoms with Crippen LogP contribution in [0.1, 0.15) is 38.1 Å². The number of aliphatic imine (C=N–C) groups is 1. The molecule has 210 valence electrons. The Morgan fingerprint density at radius 1 is 1.05 bits per heavy atom. The van der Waals surface area contributed by atoms with Crippen molar-refractivity contribution in [3.63, 3.8) is 0 Å². The lowest BCUT2D eigenvalue weighted by molar-refractivity contribution is 0.278. The topological polar surface area (TPSA) is 72.0 Å². The Labute approximate surface area is 240 Å². The average Bonchev–Trinajstić information content (AvgIpc) is 3.78. The van der Waals surface area contributed by atoms with Gasteiger partial charge in [0.2, 0.25) is 0 Å². The van der Waals surface area contributed by atoms with E-state index in [-0.39, 0.29) is 5.92 Å². The molecule has 4 aromatic rings. The number of hydrogen-bond donors (Lipinski definition) is 1. The zero-order chi connectivity index (χ0) is 28.1. The van der Waals surface area contributed by atoms with Crippen LogP contribution in [0.3, 0.4) is 0 Å². The number of ether oxygens (including phenoxy) is 3. The number of benzene rings is 3. The number of rotatable bonds is 6. The van der Waals surface area contributed by atoms with Crippen LogP contribution in [0.15, 0.2) is 53.5 Å². The minimum absolute atomic E-state index is 0.169. The van der Waals surface area contributed by atoms with E-state index in [4.69, 9.17) is 19.2 Å². The second-order valence-electron chi connectivity index (χ2n) is 11.5. The molecule has 3 heterocycles. The summed E-state index contributed by atoms with van der Waals surface area (Å²) < 4.78 is 18.5. The molecule has 7 nitrogen and oxygen atoms in total. The van der Waals surface area contributed by atoms with Gasteiger partial charge in [-0.1, -0.05) is 24.6 Å². The Balaban J connectivity index is 1.30. The largest absolute Gasteiger partial charge is 0.492 e. The lowest BCUT2D eigenvalue weighted by Crippen LogP contribution is -2.36. The van der Waals surface area contributed by atoms with Crippen molar-refractivity contribution in [3.05, 3.63) is 70.4 Å². The number of aromatic amines is 1. The van der Waals surface area contributed by atoms with Crippen LogP contribution in [0.2, 0.25) is 0 Å². The quantitative estimate of drug-likeness (QED) is 0.359. The van der Waals surface area contributed by atoms with Crippen LogP contribution < -0.4 is 24.6 Å². The first kappa shape index (κ1) is 25.7. The van der Waals surface area contributed by atoms with Crippen molar-refractivity contribution in [2.45, 2.75) is 40.2 Å². The number of aromatic nitrogens is 2. The second-order valence-corrected chi connectivity index (χ2v) is 11.5. The number of methoxy groups -OCH3 is 1. The molecule has 7 heteroatoms. The number of nitrogens with zero attached hydrogens (tertiary/aromatic N) is 3. The lowest BCUT2D eigenvalue weighted by atomic mass is 10.00. The van der Waals surface area contributed by atoms with Crippen molar-refractivity contribution >= 4 is 28.6 Å². The standard InChI is InChI=1S/C34H36N4O3/c1-20-17-35-34(27-9-12-31(41-19-23-5-6-23)33(39-4)32(27)21(20)2)38-13-14-40-30-11-8-24(15-26(30)18-38)25-7-10-28-29(16-25)37-22(3)36-28/h7-12,15-17,20,23H,5-6,13-14,18-19H2,1-4H3,(H,36,37). The maximum atomic E-state index is 6.25. The van der Waals surface area contributed by atoms with E-state index in [2.05, 4.69) is 77.4 Å². The third-order valence-corrected chi connectivity index (χ3v) is 8.51. The first-order valence-electron chi connectivity index (χ1n) is 14.5. The fourth-order valence-corrected chi connectivity index (χ4v) is 5.86. The molecule has 1 N–H and O–H groups in total. The lowest BCUT2D eigenvalue weighted by Gasteiger charge is -2.23. The highest BCUT2D eigenvalue weighted by atomic mass is 16.5. The monoisotopic (exact) mass is 548 g/mol. The van der Waals surface area contributed by atoms with E-state index in [9.17, 15) is 0 Å². The van der Waals surface area contributed by atoms with Gasteiger partial charge in [-0.25, -0.2) is 9.98 Å². The van der Waals surface area contributed by atoms with Gasteiger partial charge in [-0.15, -0.1) is 0 Å². The van der Waals surface area contributed by atoms with Crippen LogP contribution in [0.5, 0.6) is 17.2 Å². The predicted octanol–water partition coefficient (Wildman–Crippen LogP) is 5.19. The first-order chi connectivity index (χ1) is 20.0. The van der Waals surface area contributed by atoms with Crippen molar-refractivity contribution in [3.8, 4) is 28.4 Å². The summed E-state index contributed by atoms with van der Waals surface area (Å²) in [6, 6.07) is 17.1. The minimum atomic E-state index is 0.169. The molecular formula is C34H36N4O3. The van der Waals surface area contributed by atoms with Crippen LogP contribution in [-0.2, 0) is 6.54 Å². The van der Waals surface area contributed by atoms with E-state index < -0.39 is 0 Å². The highest BCUT2D eigenvalue weighted by Gasteiger charge is 2.25. The summed E-state index contributed by atoms with van der Waals surface area (Å²) in [6.45, 7) is 9.09. The Kier molecular flexibility index (Phi) is 6.45. The predicted molar refractivity (Wildman–Crippen MR) is 163 cm³/mol. The van der Waals surface area contributed by atoms with Gasteiger partial charge in [-0.05, 0) is 80.1 Å². The van der Waals surface area contributed by atoms with Crippen LogP contribution in [0, 0.1) is 18.8 Å². The van der Waals surface area contributed by atoms with Gasteiger partial charge in [0.05, 0.1) is 31.3 Å². The van der Waals surface area contributed by atoms with Crippen LogP contribution in [0.25, 0.3) is 33.6 Å². The molecule has 0 bridgehead atoms. The van der Waals surface area contributed by atoms with E-state index >= 15 is 0 Å². The molecule has 1 unspecified atom stereocenters. The minimum Gasteiger partial charge on any atom is -0.492 e. The fraction of sp³-hybridized carbons (Fsp3) is 0.353. The normalized spacial score (nSPS) is 18.4. The zero-order valence-corrected chi connectivity index (χ0v) is 24.2. The third kappa shape index (κ3) is 4.83. The number of hydrogen-bond acceptors (Lipinski definition) is 6. The zero-order valence-electron chi connectivity index (χ0n) is 24.2. The van der Waals surface area contributed by atoms with Crippen molar-refractivity contribution in [1.82, 2.24) is 14.9 Å². The molecule has 1 atom stereocenters. The maximum absolute atomic E-state index is 6.25. The van der Waals surface area contributed by atoms with Gasteiger partial charge in [0, 0.05) is 34.7 Å². The van der Waals surface area contributed by atoms with E-state index in [0.717, 1.165) is 80.2 Å². The van der Waals surface area contributed by atoms with Gasteiger partial charge in [-0.3, -0.25) is 0 Å². The molecule has 7 rings (SSSR count). The summed E-state index contributed by atoms with van der Waals surface area (Å²) in [5.74, 6) is 5.22. The number of nitrogens with one attached hydrogen (secondary N) is 1. The molecule has 1 aliphatic carbocycles. The number of imidazole rings is 1. The summed E-state index contributed by atoms with van der Waals surface area (Å²) in [4.78, 5) is 15.3. The Hall–Kier alpha value is -4.26. The first-order valence-corrected chi connectivity index (χ1v) is 14.5. The van der Waals surface area contributed by atoms with Crippen LogP contribution in [0.4, 0.5) is 0 Å². The van der Waals surface area contributed by atoms with Crippen LogP contribution >= 0.6 is 0 Å². The molecule has 41 heavy (non-hydrogen) atoms. The molecule has 0 amide bonds. The van der Waals surface area contributed by atoms with Gasteiger partial charge in [0.1, 0.15) is 24.0 Å². The Morgan fingerprint density at radius 3 is 2.71 bits per heavy atom. The smallest absolute Gasteiger partial charge is 0.168 e. The number of H-pyrrole nitrogens is 1. The van der Waals surface area contributed by atoms with E-state index in [1.807, 2.05) is 13.0 Å². The highest BCUT2D eigenvalue weighted by Crippen LogP contribution is 2.33. The molecule has 1 fully saturated rings. The molecule has 0 radical (unpaired) electrons. The maximum Gasteiger partial charge on any atom is 0.168 e. The number of fused-ring (bicyclic) bond motifs is 3. The molecule has 2 aliphatic heterocycles. The summed E-state index contributed by atoms with van der Waals surface area (Å²) in [6.07, 6.45) is 4.55. The third-order valence-electron chi connectivity index (χ3n) is 8.51. The summed E-state index contributed by atoms with van der Waals surface area (Å²) in [5.41, 5.74) is 6.69. The van der Waals surface area contributed by atoms with Crippen molar-refractivity contribution in [2.24, 2.45) is 16.8 Å². The van der Waals surface area contributed by atoms with E-state index in [0.29, 0.717) is 19.1 Å². The molecule has 1 saturated carbocycles. The molecule has 0 saturated heterocycles. The van der Waals surface area contributed by atoms with Crippen molar-refractivity contribution in [1.29, 1.82) is 0 Å². The SMILES string of the molecule is COc1c(OCC2CC2)ccc2c1=C(C)C(C)C=NC=2N1CCOc2ccc(-c3ccc4nc(C)[nH]c4c3)cc2C1. The Bertz CT molecular complexity index is 1800. The van der Waals surface area contributed by atoms with Gasteiger partial charge >= 0.3 is 0 Å².